The van der Waals surface area contributed by atoms with Crippen molar-refractivity contribution in [3.63, 3.8) is 0 Å². The fourth-order valence-electron chi connectivity index (χ4n) is 4.64. The molecule has 2 bridgehead atoms. The molecule has 2 aliphatic rings. The summed E-state index contributed by atoms with van der Waals surface area (Å²) in [5, 5.41) is 2.00. The Morgan fingerprint density at radius 3 is 2.92 bits per heavy atom. The molecule has 0 spiro atoms. The molecule has 4 rings (SSSR count). The van der Waals surface area contributed by atoms with Gasteiger partial charge in [0.2, 0.25) is 5.91 Å². The Kier molecular flexibility index (Phi) is 4.28. The molecule has 0 N–H and O–H groups in total. The average molecular weight is 360 g/mol. The predicted molar refractivity (Wildman–Crippen MR) is 102 cm³/mol. The van der Waals surface area contributed by atoms with Crippen LogP contribution in [0.4, 0.5) is 0 Å². The summed E-state index contributed by atoms with van der Waals surface area (Å²) in [6, 6.07) is 7.14. The van der Waals surface area contributed by atoms with Gasteiger partial charge in [-0.15, -0.1) is 0 Å². The Morgan fingerprint density at radius 1 is 1.36 bits per heavy atom. The number of hydrogen-bond acceptors (Lipinski definition) is 2. The first-order chi connectivity index (χ1) is 12.0. The van der Waals surface area contributed by atoms with E-state index in [4.69, 9.17) is 11.6 Å². The highest BCUT2D eigenvalue weighted by atomic mass is 35.5. The molecule has 0 saturated carbocycles. The molecule has 4 nitrogen and oxygen atoms in total. The summed E-state index contributed by atoms with van der Waals surface area (Å²) in [6.07, 6.45) is 4.74. The third kappa shape index (κ3) is 2.67. The minimum atomic E-state index is 0.168. The van der Waals surface area contributed by atoms with Crippen LogP contribution in [0.2, 0.25) is 5.02 Å². The van der Waals surface area contributed by atoms with E-state index in [1.165, 1.54) is 35.9 Å². The van der Waals surface area contributed by atoms with Crippen LogP contribution in [-0.4, -0.2) is 47.0 Å². The van der Waals surface area contributed by atoms with Crippen molar-refractivity contribution >= 4 is 28.4 Å². The number of rotatable bonds is 3. The molecule has 1 amide bonds. The predicted octanol–water partition coefficient (Wildman–Crippen LogP) is 3.85. The van der Waals surface area contributed by atoms with Crippen molar-refractivity contribution in [1.82, 2.24) is 14.4 Å². The van der Waals surface area contributed by atoms with Crippen LogP contribution in [-0.2, 0) is 17.8 Å². The SMILES string of the molecule is CCN(C)C(=O)Cn1c2c(c3cc(Cl)ccc31)C1CCCC(C2)N1C. The van der Waals surface area contributed by atoms with Crippen LogP contribution < -0.4 is 0 Å². The van der Waals surface area contributed by atoms with E-state index in [2.05, 4.69) is 28.6 Å². The number of piperidine rings is 1. The number of nitrogens with zero attached hydrogens (tertiary/aromatic N) is 3. The number of carbonyl (C=O) groups is 1. The molecule has 1 aromatic heterocycles. The summed E-state index contributed by atoms with van der Waals surface area (Å²) in [5.74, 6) is 0.168. The highest BCUT2D eigenvalue weighted by Gasteiger charge is 2.38. The van der Waals surface area contributed by atoms with Gasteiger partial charge in [0.15, 0.2) is 0 Å². The van der Waals surface area contributed by atoms with Gasteiger partial charge in [-0.25, -0.2) is 0 Å². The lowest BCUT2D eigenvalue weighted by Crippen LogP contribution is -2.44. The average Bonchev–Trinajstić information content (AvgIpc) is 2.86. The van der Waals surface area contributed by atoms with Gasteiger partial charge < -0.3 is 9.47 Å². The number of fused-ring (bicyclic) bond motifs is 6. The molecule has 2 aromatic rings. The van der Waals surface area contributed by atoms with Crippen LogP contribution >= 0.6 is 11.6 Å². The van der Waals surface area contributed by atoms with Gasteiger partial charge in [0.25, 0.3) is 0 Å². The molecule has 25 heavy (non-hydrogen) atoms. The Hall–Kier alpha value is -1.52. The second kappa shape index (κ2) is 6.33. The van der Waals surface area contributed by atoms with E-state index >= 15 is 0 Å². The normalized spacial score (nSPS) is 22.9. The van der Waals surface area contributed by atoms with Gasteiger partial charge in [-0.3, -0.25) is 9.69 Å². The van der Waals surface area contributed by atoms with Crippen LogP contribution in [0.25, 0.3) is 10.9 Å². The van der Waals surface area contributed by atoms with E-state index in [1.807, 2.05) is 20.0 Å². The van der Waals surface area contributed by atoms with Gasteiger partial charge in [0.1, 0.15) is 6.54 Å². The lowest BCUT2D eigenvalue weighted by atomic mass is 9.82. The van der Waals surface area contributed by atoms with Gasteiger partial charge in [0, 0.05) is 53.7 Å². The van der Waals surface area contributed by atoms with Crippen molar-refractivity contribution in [2.45, 2.75) is 51.2 Å². The number of aromatic nitrogens is 1. The summed E-state index contributed by atoms with van der Waals surface area (Å²) in [4.78, 5) is 17.0. The summed E-state index contributed by atoms with van der Waals surface area (Å²) < 4.78 is 2.26. The van der Waals surface area contributed by atoms with E-state index < -0.39 is 0 Å². The zero-order valence-corrected chi connectivity index (χ0v) is 16.0. The van der Waals surface area contributed by atoms with Gasteiger partial charge in [-0.1, -0.05) is 11.6 Å². The molecular formula is C20H26ClN3O. The number of halogens is 1. The zero-order valence-electron chi connectivity index (χ0n) is 15.3. The monoisotopic (exact) mass is 359 g/mol. The highest BCUT2D eigenvalue weighted by Crippen LogP contribution is 2.45. The molecule has 2 atom stereocenters. The third-order valence-electron chi connectivity index (χ3n) is 6.21. The van der Waals surface area contributed by atoms with Crippen LogP contribution in [0.1, 0.15) is 43.5 Å². The van der Waals surface area contributed by atoms with Gasteiger partial charge >= 0.3 is 0 Å². The minimum Gasteiger partial charge on any atom is -0.344 e. The number of carbonyl (C=O) groups excluding carboxylic acids is 1. The molecule has 2 aliphatic heterocycles. The summed E-state index contributed by atoms with van der Waals surface area (Å²) >= 11 is 6.32. The molecule has 2 unspecified atom stereocenters. The third-order valence-corrected chi connectivity index (χ3v) is 6.45. The van der Waals surface area contributed by atoms with Crippen molar-refractivity contribution in [3.8, 4) is 0 Å². The van der Waals surface area contributed by atoms with E-state index in [9.17, 15) is 4.79 Å². The molecule has 0 radical (unpaired) electrons. The first kappa shape index (κ1) is 16.9. The van der Waals surface area contributed by atoms with Crippen molar-refractivity contribution in [2.75, 3.05) is 20.6 Å². The largest absolute Gasteiger partial charge is 0.344 e. The van der Waals surface area contributed by atoms with E-state index in [0.717, 1.165) is 23.5 Å². The molecule has 3 heterocycles. The Bertz CT molecular complexity index is 828. The van der Waals surface area contributed by atoms with Crippen molar-refractivity contribution < 1.29 is 4.79 Å². The molecule has 0 aliphatic carbocycles. The number of amides is 1. The van der Waals surface area contributed by atoms with E-state index in [-0.39, 0.29) is 5.91 Å². The van der Waals surface area contributed by atoms with Gasteiger partial charge in [-0.05, 0) is 57.0 Å². The van der Waals surface area contributed by atoms with Crippen molar-refractivity contribution in [1.29, 1.82) is 0 Å². The zero-order chi connectivity index (χ0) is 17.7. The minimum absolute atomic E-state index is 0.168. The quantitative estimate of drug-likeness (QED) is 0.832. The van der Waals surface area contributed by atoms with Crippen LogP contribution in [0.3, 0.4) is 0 Å². The standard InChI is InChI=1S/C20H26ClN3O/c1-4-22(2)19(25)12-24-16-9-8-13(21)10-15(16)20-17-7-5-6-14(23(17)3)11-18(20)24/h8-10,14,17H,4-7,11-12H2,1-3H3. The lowest BCUT2D eigenvalue weighted by Gasteiger charge is -2.44. The highest BCUT2D eigenvalue weighted by molar-refractivity contribution is 6.31. The summed E-state index contributed by atoms with van der Waals surface area (Å²) in [7, 11) is 4.13. The topological polar surface area (TPSA) is 28.5 Å². The van der Waals surface area contributed by atoms with E-state index in [0.29, 0.717) is 18.6 Å². The first-order valence-electron chi connectivity index (χ1n) is 9.27. The maximum absolute atomic E-state index is 12.6. The summed E-state index contributed by atoms with van der Waals surface area (Å²) in [6.45, 7) is 3.17. The maximum Gasteiger partial charge on any atom is 0.242 e. The van der Waals surface area contributed by atoms with Gasteiger partial charge in [-0.2, -0.15) is 0 Å². The Labute approximate surface area is 154 Å². The molecule has 1 saturated heterocycles. The number of likely N-dealkylation sites (N-methyl/N-ethyl adjacent to an activating group) is 2. The Balaban J connectivity index is 1.89. The van der Waals surface area contributed by atoms with Crippen LogP contribution in [0, 0.1) is 0 Å². The fourth-order valence-corrected chi connectivity index (χ4v) is 4.81. The maximum atomic E-state index is 12.6. The molecule has 1 fully saturated rings. The van der Waals surface area contributed by atoms with Gasteiger partial charge in [0.05, 0.1) is 0 Å². The van der Waals surface area contributed by atoms with Crippen LogP contribution in [0.5, 0.6) is 0 Å². The number of benzene rings is 1. The molecular weight excluding hydrogens is 334 g/mol. The molecule has 1 aromatic carbocycles. The van der Waals surface area contributed by atoms with Crippen molar-refractivity contribution in [3.05, 3.63) is 34.5 Å². The Morgan fingerprint density at radius 2 is 2.16 bits per heavy atom. The molecule has 5 heteroatoms. The lowest BCUT2D eigenvalue weighted by molar-refractivity contribution is -0.130. The van der Waals surface area contributed by atoms with Crippen LogP contribution in [0.15, 0.2) is 18.2 Å². The van der Waals surface area contributed by atoms with E-state index in [1.54, 1.807) is 4.90 Å². The van der Waals surface area contributed by atoms with Crippen molar-refractivity contribution in [2.24, 2.45) is 0 Å². The fraction of sp³-hybridized carbons (Fsp3) is 0.550. The number of hydrogen-bond donors (Lipinski definition) is 0. The second-order valence-corrected chi connectivity index (χ2v) is 7.92. The first-order valence-corrected chi connectivity index (χ1v) is 9.65. The molecule has 134 valence electrons. The summed E-state index contributed by atoms with van der Waals surface area (Å²) in [5.41, 5.74) is 3.90. The smallest absolute Gasteiger partial charge is 0.242 e. The second-order valence-electron chi connectivity index (χ2n) is 7.49.